The van der Waals surface area contributed by atoms with Gasteiger partial charge in [0.05, 0.1) is 5.56 Å². The first-order valence-corrected chi connectivity index (χ1v) is 6.78. The van der Waals surface area contributed by atoms with Gasteiger partial charge in [-0.15, -0.1) is 0 Å². The lowest BCUT2D eigenvalue weighted by molar-refractivity contribution is 0.0948. The van der Waals surface area contributed by atoms with Crippen molar-refractivity contribution < 1.29 is 9.90 Å². The first-order chi connectivity index (χ1) is 9.31. The maximum atomic E-state index is 12.1. The summed E-state index contributed by atoms with van der Waals surface area (Å²) in [6.45, 7) is 0.531. The fourth-order valence-corrected chi connectivity index (χ4v) is 2.19. The van der Waals surface area contributed by atoms with Crippen LogP contribution in [0.1, 0.15) is 41.6 Å². The summed E-state index contributed by atoms with van der Waals surface area (Å²) >= 11 is 0. The largest absolute Gasteiger partial charge is 0.384 e. The van der Waals surface area contributed by atoms with Gasteiger partial charge >= 0.3 is 0 Å². The minimum atomic E-state index is -0.197. The molecule has 0 atom stereocenters. The Balaban J connectivity index is 1.93. The highest BCUT2D eigenvalue weighted by atomic mass is 16.2. The molecule has 100 valence electrons. The topological polar surface area (TPSA) is 49.3 Å². The summed E-state index contributed by atoms with van der Waals surface area (Å²) in [4.78, 5) is 12.1. The van der Waals surface area contributed by atoms with Gasteiger partial charge in [0, 0.05) is 12.1 Å². The Hall–Kier alpha value is -1.79. The van der Waals surface area contributed by atoms with E-state index in [0.717, 1.165) is 18.9 Å². The molecular weight excluding hydrogens is 238 g/mol. The maximum absolute atomic E-state index is 12.1. The third kappa shape index (κ3) is 3.84. The van der Waals surface area contributed by atoms with Gasteiger partial charge in [-0.1, -0.05) is 43.2 Å². The first kappa shape index (κ1) is 13.6. The van der Waals surface area contributed by atoms with Crippen LogP contribution < -0.4 is 5.32 Å². The van der Waals surface area contributed by atoms with E-state index in [9.17, 15) is 4.79 Å². The van der Waals surface area contributed by atoms with E-state index >= 15 is 0 Å². The van der Waals surface area contributed by atoms with Gasteiger partial charge in [-0.05, 0) is 24.5 Å². The molecule has 1 aromatic carbocycles. The molecule has 0 heterocycles. The van der Waals surface area contributed by atoms with Gasteiger partial charge in [0.25, 0.3) is 5.91 Å². The van der Waals surface area contributed by atoms with Crippen LogP contribution in [0.3, 0.4) is 0 Å². The minimum absolute atomic E-state index is 0.0813. The molecule has 1 aliphatic carbocycles. The van der Waals surface area contributed by atoms with E-state index in [-0.39, 0.29) is 12.5 Å². The van der Waals surface area contributed by atoms with E-state index in [0.29, 0.717) is 11.1 Å². The molecule has 1 saturated carbocycles. The standard InChI is InChI=1S/C16H19NO2/c18-12-4-8-14-7-1-2-9-15(14)16(19)17-11-10-13-5-3-6-13/h1-2,7,9,13,18H,3,5-6,10-12H2,(H,17,19). The SMILES string of the molecule is O=C(NCCC1CCC1)c1ccccc1C#CCO. The molecule has 0 radical (unpaired) electrons. The molecule has 0 bridgehead atoms. The van der Waals surface area contributed by atoms with Crippen LogP contribution in [0.2, 0.25) is 0 Å². The van der Waals surface area contributed by atoms with Crippen molar-refractivity contribution in [3.05, 3.63) is 35.4 Å². The van der Waals surface area contributed by atoms with Crippen LogP contribution in [0, 0.1) is 17.8 Å². The second kappa shape index (κ2) is 6.96. The Morgan fingerprint density at radius 3 is 2.84 bits per heavy atom. The predicted molar refractivity (Wildman–Crippen MR) is 74.7 cm³/mol. The Labute approximate surface area is 114 Å². The molecule has 0 aliphatic heterocycles. The van der Waals surface area contributed by atoms with Crippen molar-refractivity contribution in [2.24, 2.45) is 5.92 Å². The third-order valence-electron chi connectivity index (χ3n) is 3.54. The van der Waals surface area contributed by atoms with Gasteiger partial charge in [0.2, 0.25) is 0 Å². The van der Waals surface area contributed by atoms with Gasteiger partial charge in [0.1, 0.15) is 6.61 Å². The predicted octanol–water partition coefficient (Wildman–Crippen LogP) is 1.95. The summed E-state index contributed by atoms with van der Waals surface area (Å²) in [7, 11) is 0. The normalized spacial score (nSPS) is 14.2. The number of hydrogen-bond acceptors (Lipinski definition) is 2. The zero-order chi connectivity index (χ0) is 13.5. The second-order valence-corrected chi connectivity index (χ2v) is 4.85. The van der Waals surface area contributed by atoms with Crippen molar-refractivity contribution >= 4 is 5.91 Å². The fraction of sp³-hybridized carbons (Fsp3) is 0.438. The van der Waals surface area contributed by atoms with Crippen LogP contribution in [0.4, 0.5) is 0 Å². The zero-order valence-corrected chi connectivity index (χ0v) is 11.0. The van der Waals surface area contributed by atoms with Crippen molar-refractivity contribution in [2.45, 2.75) is 25.7 Å². The third-order valence-corrected chi connectivity index (χ3v) is 3.54. The first-order valence-electron chi connectivity index (χ1n) is 6.78. The van der Waals surface area contributed by atoms with Crippen LogP contribution in [-0.4, -0.2) is 24.2 Å². The van der Waals surface area contributed by atoms with Crippen LogP contribution in [0.5, 0.6) is 0 Å². The summed E-state index contributed by atoms with van der Waals surface area (Å²) in [5, 5.41) is 11.7. The molecule has 0 saturated heterocycles. The number of aliphatic hydroxyl groups excluding tert-OH is 1. The molecule has 1 aliphatic rings. The Morgan fingerprint density at radius 2 is 2.16 bits per heavy atom. The molecule has 3 heteroatoms. The molecule has 0 spiro atoms. The molecule has 0 unspecified atom stereocenters. The number of benzene rings is 1. The van der Waals surface area contributed by atoms with Gasteiger partial charge in [0.15, 0.2) is 0 Å². The van der Waals surface area contributed by atoms with E-state index in [4.69, 9.17) is 5.11 Å². The van der Waals surface area contributed by atoms with Crippen molar-refractivity contribution in [1.82, 2.24) is 5.32 Å². The van der Waals surface area contributed by atoms with Gasteiger partial charge in [-0.25, -0.2) is 0 Å². The van der Waals surface area contributed by atoms with Gasteiger partial charge in [-0.2, -0.15) is 0 Å². The minimum Gasteiger partial charge on any atom is -0.384 e. The molecule has 1 fully saturated rings. The lowest BCUT2D eigenvalue weighted by atomic mass is 9.83. The second-order valence-electron chi connectivity index (χ2n) is 4.85. The number of carbonyl (C=O) groups excluding carboxylic acids is 1. The van der Waals surface area contributed by atoms with Crippen LogP contribution in [-0.2, 0) is 0 Å². The Bertz CT molecular complexity index is 495. The number of aliphatic hydroxyl groups is 1. The Morgan fingerprint density at radius 1 is 1.37 bits per heavy atom. The smallest absolute Gasteiger partial charge is 0.252 e. The molecule has 19 heavy (non-hydrogen) atoms. The average molecular weight is 257 g/mol. The van der Waals surface area contributed by atoms with Crippen molar-refractivity contribution in [1.29, 1.82) is 0 Å². The maximum Gasteiger partial charge on any atom is 0.252 e. The number of carbonyl (C=O) groups is 1. The van der Waals surface area contributed by atoms with Crippen molar-refractivity contribution in [2.75, 3.05) is 13.2 Å². The van der Waals surface area contributed by atoms with Crippen LogP contribution in [0.25, 0.3) is 0 Å². The van der Waals surface area contributed by atoms with Crippen LogP contribution >= 0.6 is 0 Å². The van der Waals surface area contributed by atoms with Crippen molar-refractivity contribution in [3.63, 3.8) is 0 Å². The molecule has 2 N–H and O–H groups in total. The summed E-state index contributed by atoms with van der Waals surface area (Å²) in [6, 6.07) is 7.22. The van der Waals surface area contributed by atoms with Crippen LogP contribution in [0.15, 0.2) is 24.3 Å². The monoisotopic (exact) mass is 257 g/mol. The number of rotatable bonds is 4. The molecule has 1 aromatic rings. The Kier molecular flexibility index (Phi) is 5.00. The highest BCUT2D eigenvalue weighted by molar-refractivity contribution is 5.96. The van der Waals surface area contributed by atoms with E-state index < -0.39 is 0 Å². The van der Waals surface area contributed by atoms with E-state index in [1.165, 1.54) is 19.3 Å². The van der Waals surface area contributed by atoms with Crippen molar-refractivity contribution in [3.8, 4) is 11.8 Å². The lowest BCUT2D eigenvalue weighted by Crippen LogP contribution is -2.27. The molecule has 3 nitrogen and oxygen atoms in total. The molecule has 1 amide bonds. The summed E-state index contributed by atoms with van der Waals surface area (Å²) in [6.07, 6.45) is 5.00. The highest BCUT2D eigenvalue weighted by Crippen LogP contribution is 2.28. The summed E-state index contributed by atoms with van der Waals surface area (Å²) in [5.74, 6) is 6.10. The zero-order valence-electron chi connectivity index (χ0n) is 11.0. The van der Waals surface area contributed by atoms with Gasteiger partial charge < -0.3 is 10.4 Å². The quantitative estimate of drug-likeness (QED) is 0.810. The fourth-order valence-electron chi connectivity index (χ4n) is 2.19. The summed E-state index contributed by atoms with van der Waals surface area (Å²) in [5.41, 5.74) is 1.25. The molecular formula is C16H19NO2. The number of amides is 1. The highest BCUT2D eigenvalue weighted by Gasteiger charge is 2.17. The average Bonchev–Trinajstić information content (AvgIpc) is 2.39. The molecule has 0 aromatic heterocycles. The number of hydrogen-bond donors (Lipinski definition) is 2. The lowest BCUT2D eigenvalue weighted by Gasteiger charge is -2.25. The number of nitrogens with one attached hydrogen (secondary N) is 1. The summed E-state index contributed by atoms with van der Waals surface area (Å²) < 4.78 is 0. The van der Waals surface area contributed by atoms with E-state index in [1.54, 1.807) is 12.1 Å². The van der Waals surface area contributed by atoms with E-state index in [2.05, 4.69) is 17.2 Å². The van der Waals surface area contributed by atoms with E-state index in [1.807, 2.05) is 12.1 Å². The van der Waals surface area contributed by atoms with Gasteiger partial charge in [-0.3, -0.25) is 4.79 Å². The molecule has 2 rings (SSSR count).